The maximum absolute atomic E-state index is 12.7. The molecule has 3 rings (SSSR count). The van der Waals surface area contributed by atoms with E-state index in [2.05, 4.69) is 27.5 Å². The minimum atomic E-state index is -0.130. The third kappa shape index (κ3) is 4.65. The molecular weight excluding hydrogens is 350 g/mol. The molecule has 0 aliphatic heterocycles. The summed E-state index contributed by atoms with van der Waals surface area (Å²) in [6.45, 7) is 3.98. The second-order valence-electron chi connectivity index (χ2n) is 6.79. The van der Waals surface area contributed by atoms with Gasteiger partial charge in [-0.3, -0.25) is 4.79 Å². The van der Waals surface area contributed by atoms with Crippen LogP contribution in [0.5, 0.6) is 0 Å². The molecule has 0 bridgehead atoms. The molecule has 1 amide bonds. The Balaban J connectivity index is 1.80. The fraction of sp³-hybridized carbons (Fsp3) is 0.227. The number of aromatic nitrogens is 2. The Morgan fingerprint density at radius 2 is 1.79 bits per heavy atom. The van der Waals surface area contributed by atoms with Gasteiger partial charge in [-0.2, -0.15) is 0 Å². The van der Waals surface area contributed by atoms with Gasteiger partial charge in [0, 0.05) is 48.5 Å². The lowest BCUT2D eigenvalue weighted by atomic mass is 10.1. The van der Waals surface area contributed by atoms with Crippen molar-refractivity contribution in [2.24, 2.45) is 0 Å². The summed E-state index contributed by atoms with van der Waals surface area (Å²) in [5.74, 6) is 0.586. The van der Waals surface area contributed by atoms with E-state index in [0.29, 0.717) is 11.4 Å². The SMILES string of the molecule is CCc1ccc(Nc2cc(C)ncn2)cc1NC(=O)c1ccc(N(C)C)cc1. The largest absolute Gasteiger partial charge is 0.378 e. The zero-order valence-electron chi connectivity index (χ0n) is 16.7. The molecule has 0 aliphatic rings. The summed E-state index contributed by atoms with van der Waals surface area (Å²) in [4.78, 5) is 23.0. The second kappa shape index (κ2) is 8.52. The third-order valence-electron chi connectivity index (χ3n) is 4.46. The Labute approximate surface area is 165 Å². The molecule has 3 aromatic rings. The Kier molecular flexibility index (Phi) is 5.89. The van der Waals surface area contributed by atoms with Gasteiger partial charge in [0.05, 0.1) is 0 Å². The number of carbonyl (C=O) groups is 1. The number of hydrogen-bond acceptors (Lipinski definition) is 5. The third-order valence-corrected chi connectivity index (χ3v) is 4.46. The molecule has 2 aromatic carbocycles. The quantitative estimate of drug-likeness (QED) is 0.668. The molecule has 6 nitrogen and oxygen atoms in total. The molecule has 0 aliphatic carbocycles. The Morgan fingerprint density at radius 1 is 1.04 bits per heavy atom. The number of hydrogen-bond donors (Lipinski definition) is 2. The summed E-state index contributed by atoms with van der Waals surface area (Å²) in [7, 11) is 3.94. The normalized spacial score (nSPS) is 10.4. The van der Waals surface area contributed by atoms with E-state index in [-0.39, 0.29) is 5.91 Å². The molecule has 0 unspecified atom stereocenters. The number of carbonyl (C=O) groups excluding carboxylic acids is 1. The molecule has 1 heterocycles. The van der Waals surface area contributed by atoms with Crippen LogP contribution >= 0.6 is 0 Å². The minimum absolute atomic E-state index is 0.130. The number of nitrogens with zero attached hydrogens (tertiary/aromatic N) is 3. The number of benzene rings is 2. The van der Waals surface area contributed by atoms with Crippen molar-refractivity contribution in [3.05, 3.63) is 71.7 Å². The van der Waals surface area contributed by atoms with Crippen molar-refractivity contribution in [1.29, 1.82) is 0 Å². The van der Waals surface area contributed by atoms with Crippen LogP contribution in [0.4, 0.5) is 22.9 Å². The molecule has 1 aromatic heterocycles. The fourth-order valence-corrected chi connectivity index (χ4v) is 2.86. The highest BCUT2D eigenvalue weighted by atomic mass is 16.1. The van der Waals surface area contributed by atoms with Crippen LogP contribution < -0.4 is 15.5 Å². The van der Waals surface area contributed by atoms with Crippen molar-refractivity contribution >= 4 is 28.8 Å². The van der Waals surface area contributed by atoms with Crippen molar-refractivity contribution in [2.45, 2.75) is 20.3 Å². The molecule has 0 radical (unpaired) electrons. The number of nitrogens with one attached hydrogen (secondary N) is 2. The minimum Gasteiger partial charge on any atom is -0.378 e. The summed E-state index contributed by atoms with van der Waals surface area (Å²) < 4.78 is 0. The summed E-state index contributed by atoms with van der Waals surface area (Å²) in [6, 6.07) is 15.3. The maximum Gasteiger partial charge on any atom is 0.255 e. The number of anilines is 4. The van der Waals surface area contributed by atoms with Crippen molar-refractivity contribution in [2.75, 3.05) is 29.6 Å². The van der Waals surface area contributed by atoms with Crippen molar-refractivity contribution < 1.29 is 4.79 Å². The van der Waals surface area contributed by atoms with E-state index in [4.69, 9.17) is 0 Å². The lowest BCUT2D eigenvalue weighted by molar-refractivity contribution is 0.102. The molecule has 0 saturated carbocycles. The topological polar surface area (TPSA) is 70.1 Å². The first kappa shape index (κ1) is 19.4. The number of amides is 1. The zero-order chi connectivity index (χ0) is 20.1. The van der Waals surface area contributed by atoms with Gasteiger partial charge in [-0.25, -0.2) is 9.97 Å². The highest BCUT2D eigenvalue weighted by molar-refractivity contribution is 6.05. The zero-order valence-corrected chi connectivity index (χ0v) is 16.7. The van der Waals surface area contributed by atoms with E-state index in [1.165, 1.54) is 6.33 Å². The first-order chi connectivity index (χ1) is 13.5. The summed E-state index contributed by atoms with van der Waals surface area (Å²) in [5.41, 5.74) is 5.28. The van der Waals surface area contributed by atoms with Crippen molar-refractivity contribution in [1.82, 2.24) is 9.97 Å². The van der Waals surface area contributed by atoms with Gasteiger partial charge in [0.15, 0.2) is 0 Å². The van der Waals surface area contributed by atoms with Crippen molar-refractivity contribution in [3.63, 3.8) is 0 Å². The van der Waals surface area contributed by atoms with Gasteiger partial charge in [-0.1, -0.05) is 13.0 Å². The van der Waals surface area contributed by atoms with E-state index >= 15 is 0 Å². The lowest BCUT2D eigenvalue weighted by Crippen LogP contribution is -2.14. The van der Waals surface area contributed by atoms with Gasteiger partial charge in [-0.05, 0) is 55.3 Å². The van der Waals surface area contributed by atoms with E-state index in [0.717, 1.165) is 34.7 Å². The van der Waals surface area contributed by atoms with Gasteiger partial charge in [0.2, 0.25) is 0 Å². The Morgan fingerprint density at radius 3 is 2.43 bits per heavy atom. The van der Waals surface area contributed by atoms with Gasteiger partial charge in [0.25, 0.3) is 5.91 Å². The molecule has 0 saturated heterocycles. The lowest BCUT2D eigenvalue weighted by Gasteiger charge is -2.15. The van der Waals surface area contributed by atoms with Crippen LogP contribution in [0, 0.1) is 6.92 Å². The van der Waals surface area contributed by atoms with E-state index in [1.807, 2.05) is 74.4 Å². The summed E-state index contributed by atoms with van der Waals surface area (Å²) >= 11 is 0. The standard InChI is InChI=1S/C22H25N5O/c1-5-16-6-9-18(25-21-12-15(2)23-14-24-21)13-20(16)26-22(28)17-7-10-19(11-8-17)27(3)4/h6-14H,5H2,1-4H3,(H,26,28)(H,23,24,25). The van der Waals surface area contributed by atoms with Crippen molar-refractivity contribution in [3.8, 4) is 0 Å². The van der Waals surface area contributed by atoms with Crippen LogP contribution in [-0.4, -0.2) is 30.0 Å². The molecule has 28 heavy (non-hydrogen) atoms. The average Bonchev–Trinajstić information content (AvgIpc) is 2.68. The Bertz CT molecular complexity index is 967. The molecule has 6 heteroatoms. The van der Waals surface area contributed by atoms with Crippen LogP contribution in [0.15, 0.2) is 54.9 Å². The number of aryl methyl sites for hydroxylation is 2. The molecule has 0 atom stereocenters. The van der Waals surface area contributed by atoms with Gasteiger partial charge in [0.1, 0.15) is 12.1 Å². The fourth-order valence-electron chi connectivity index (χ4n) is 2.86. The summed E-state index contributed by atoms with van der Waals surface area (Å²) in [5, 5.41) is 6.30. The summed E-state index contributed by atoms with van der Waals surface area (Å²) in [6.07, 6.45) is 2.35. The van der Waals surface area contributed by atoms with Gasteiger partial charge < -0.3 is 15.5 Å². The van der Waals surface area contributed by atoms with Crippen LogP contribution in [0.3, 0.4) is 0 Å². The van der Waals surface area contributed by atoms with Crippen LogP contribution in [0.25, 0.3) is 0 Å². The predicted molar refractivity (Wildman–Crippen MR) is 115 cm³/mol. The maximum atomic E-state index is 12.7. The van der Waals surface area contributed by atoms with E-state index in [1.54, 1.807) is 0 Å². The first-order valence-corrected chi connectivity index (χ1v) is 9.23. The molecule has 0 fully saturated rings. The molecule has 0 spiro atoms. The van der Waals surface area contributed by atoms with Crippen LogP contribution in [0.2, 0.25) is 0 Å². The molecular formula is C22H25N5O. The van der Waals surface area contributed by atoms with Crippen LogP contribution in [0.1, 0.15) is 28.5 Å². The highest BCUT2D eigenvalue weighted by Gasteiger charge is 2.10. The Hall–Kier alpha value is -3.41. The molecule has 144 valence electrons. The average molecular weight is 375 g/mol. The smallest absolute Gasteiger partial charge is 0.255 e. The van der Waals surface area contributed by atoms with E-state index < -0.39 is 0 Å². The molecule has 2 N–H and O–H groups in total. The monoisotopic (exact) mass is 375 g/mol. The highest BCUT2D eigenvalue weighted by Crippen LogP contribution is 2.25. The van der Waals surface area contributed by atoms with Gasteiger partial charge in [-0.15, -0.1) is 0 Å². The van der Waals surface area contributed by atoms with E-state index in [9.17, 15) is 4.79 Å². The van der Waals surface area contributed by atoms with Gasteiger partial charge >= 0.3 is 0 Å². The van der Waals surface area contributed by atoms with Crippen LogP contribution in [-0.2, 0) is 6.42 Å². The second-order valence-corrected chi connectivity index (χ2v) is 6.79. The number of rotatable bonds is 6. The predicted octanol–water partition coefficient (Wildman–Crippen LogP) is 4.41. The first-order valence-electron chi connectivity index (χ1n) is 9.23.